The lowest BCUT2D eigenvalue weighted by molar-refractivity contribution is -0.111. The summed E-state index contributed by atoms with van der Waals surface area (Å²) in [5, 5.41) is 12.2. The molecule has 2 heterocycles. The fourth-order valence-corrected chi connectivity index (χ4v) is 2.99. The van der Waals surface area contributed by atoms with Crippen LogP contribution in [-0.2, 0) is 17.9 Å². The van der Waals surface area contributed by atoms with Crippen molar-refractivity contribution in [1.29, 1.82) is 0 Å². The van der Waals surface area contributed by atoms with E-state index in [-0.39, 0.29) is 5.91 Å². The molecular weight excluding hydrogens is 362 g/mol. The molecule has 2 aromatic heterocycles. The lowest BCUT2D eigenvalue weighted by Gasteiger charge is -2.06. The minimum absolute atomic E-state index is 0.235. The van der Waals surface area contributed by atoms with Gasteiger partial charge in [-0.25, -0.2) is 0 Å². The molecule has 0 bridgehead atoms. The van der Waals surface area contributed by atoms with Gasteiger partial charge in [0.15, 0.2) is 5.82 Å². The van der Waals surface area contributed by atoms with Gasteiger partial charge in [0, 0.05) is 40.7 Å². The minimum atomic E-state index is -0.235. The monoisotopic (exact) mass is 383 g/mol. The Bertz CT molecular complexity index is 986. The maximum atomic E-state index is 12.2. The smallest absolute Gasteiger partial charge is 0.249 e. The van der Waals surface area contributed by atoms with Crippen molar-refractivity contribution in [3.05, 3.63) is 70.1 Å². The van der Waals surface area contributed by atoms with Crippen LogP contribution in [0, 0.1) is 13.8 Å². The van der Waals surface area contributed by atoms with E-state index in [2.05, 4.69) is 15.5 Å². The number of halogens is 1. The zero-order valence-corrected chi connectivity index (χ0v) is 16.4. The number of nitrogens with one attached hydrogen (secondary N) is 1. The van der Waals surface area contributed by atoms with Crippen LogP contribution in [0.25, 0.3) is 6.08 Å². The van der Waals surface area contributed by atoms with E-state index in [1.54, 1.807) is 12.3 Å². The second-order valence-electron chi connectivity index (χ2n) is 6.24. The van der Waals surface area contributed by atoms with Gasteiger partial charge in [0.25, 0.3) is 0 Å². The Labute approximate surface area is 163 Å². The third-order valence-corrected chi connectivity index (χ3v) is 4.73. The van der Waals surface area contributed by atoms with Crippen molar-refractivity contribution >= 4 is 29.4 Å². The van der Waals surface area contributed by atoms with Crippen molar-refractivity contribution in [1.82, 2.24) is 19.6 Å². The molecular formula is C20H22ClN5O. The Morgan fingerprint density at radius 3 is 2.74 bits per heavy atom. The second-order valence-corrected chi connectivity index (χ2v) is 6.65. The lowest BCUT2D eigenvalue weighted by Crippen LogP contribution is -2.10. The molecule has 3 rings (SSSR count). The standard InChI is InChI=1S/C20H22ClN5O/c1-4-25-15(3)16(12-22-25)9-10-20(27)23-19-11-14(2)26(24-19)13-17-7-5-6-8-18(17)21/h5-12H,4,13H2,1-3H3,(H,23,24,27)/b10-9+. The Kier molecular flexibility index (Phi) is 5.76. The van der Waals surface area contributed by atoms with Crippen molar-refractivity contribution in [2.24, 2.45) is 0 Å². The minimum Gasteiger partial charge on any atom is -0.306 e. The van der Waals surface area contributed by atoms with Crippen molar-refractivity contribution in [2.45, 2.75) is 33.9 Å². The number of aromatic nitrogens is 4. The predicted octanol–water partition coefficient (Wildman–Crippen LogP) is 4.07. The molecule has 1 N–H and O–H groups in total. The van der Waals surface area contributed by atoms with E-state index < -0.39 is 0 Å². The van der Waals surface area contributed by atoms with Crippen LogP contribution in [0.1, 0.15) is 29.4 Å². The van der Waals surface area contributed by atoms with Gasteiger partial charge in [-0.2, -0.15) is 10.2 Å². The number of anilines is 1. The number of benzene rings is 1. The quantitative estimate of drug-likeness (QED) is 0.652. The van der Waals surface area contributed by atoms with Gasteiger partial charge in [-0.1, -0.05) is 29.8 Å². The molecule has 0 fully saturated rings. The molecule has 0 aliphatic heterocycles. The number of hydrogen-bond donors (Lipinski definition) is 1. The molecule has 3 aromatic rings. The molecule has 27 heavy (non-hydrogen) atoms. The maximum absolute atomic E-state index is 12.2. The van der Waals surface area contributed by atoms with Gasteiger partial charge < -0.3 is 5.32 Å². The zero-order chi connectivity index (χ0) is 19.4. The third kappa shape index (κ3) is 4.46. The number of carbonyl (C=O) groups excluding carboxylic acids is 1. The van der Waals surface area contributed by atoms with Crippen LogP contribution >= 0.6 is 11.6 Å². The van der Waals surface area contributed by atoms with Gasteiger partial charge in [-0.3, -0.25) is 14.2 Å². The highest BCUT2D eigenvalue weighted by Gasteiger charge is 2.09. The molecule has 0 saturated carbocycles. The van der Waals surface area contributed by atoms with E-state index in [1.165, 1.54) is 6.08 Å². The number of rotatable bonds is 6. The summed E-state index contributed by atoms with van der Waals surface area (Å²) in [5.41, 5.74) is 3.87. The normalized spacial score (nSPS) is 11.3. The van der Waals surface area contributed by atoms with E-state index >= 15 is 0 Å². The van der Waals surface area contributed by atoms with Gasteiger partial charge in [0.1, 0.15) is 0 Å². The summed E-state index contributed by atoms with van der Waals surface area (Å²) in [5.74, 6) is 0.274. The zero-order valence-electron chi connectivity index (χ0n) is 15.6. The highest BCUT2D eigenvalue weighted by molar-refractivity contribution is 6.31. The highest BCUT2D eigenvalue weighted by Crippen LogP contribution is 2.18. The van der Waals surface area contributed by atoms with Crippen molar-refractivity contribution in [2.75, 3.05) is 5.32 Å². The second kappa shape index (κ2) is 8.22. The summed E-state index contributed by atoms with van der Waals surface area (Å²) >= 11 is 6.22. The third-order valence-electron chi connectivity index (χ3n) is 4.37. The first-order valence-corrected chi connectivity index (χ1v) is 9.15. The molecule has 1 amide bonds. The van der Waals surface area contributed by atoms with Gasteiger partial charge >= 0.3 is 0 Å². The molecule has 0 aliphatic rings. The van der Waals surface area contributed by atoms with Crippen LogP contribution in [0.3, 0.4) is 0 Å². The maximum Gasteiger partial charge on any atom is 0.249 e. The van der Waals surface area contributed by atoms with Gasteiger partial charge in [0.05, 0.1) is 12.7 Å². The largest absolute Gasteiger partial charge is 0.306 e. The molecule has 0 spiro atoms. The summed E-state index contributed by atoms with van der Waals surface area (Å²) in [7, 11) is 0. The molecule has 0 aliphatic carbocycles. The van der Waals surface area contributed by atoms with Crippen LogP contribution in [0.2, 0.25) is 5.02 Å². The van der Waals surface area contributed by atoms with Crippen molar-refractivity contribution in [3.63, 3.8) is 0 Å². The van der Waals surface area contributed by atoms with Crippen LogP contribution in [-0.4, -0.2) is 25.5 Å². The molecule has 0 saturated heterocycles. The fourth-order valence-electron chi connectivity index (χ4n) is 2.80. The van der Waals surface area contributed by atoms with Crippen LogP contribution in [0.5, 0.6) is 0 Å². The Morgan fingerprint density at radius 2 is 2.04 bits per heavy atom. The summed E-state index contributed by atoms with van der Waals surface area (Å²) in [6.07, 6.45) is 5.01. The van der Waals surface area contributed by atoms with E-state index in [4.69, 9.17) is 11.6 Å². The molecule has 140 valence electrons. The Balaban J connectivity index is 1.67. The number of amides is 1. The first kappa shape index (κ1) is 18.9. The molecule has 0 atom stereocenters. The van der Waals surface area contributed by atoms with Gasteiger partial charge in [0.2, 0.25) is 5.91 Å². The van der Waals surface area contributed by atoms with Gasteiger partial charge in [-0.05, 0) is 38.5 Å². The first-order chi connectivity index (χ1) is 13.0. The number of hydrogen-bond acceptors (Lipinski definition) is 3. The van der Waals surface area contributed by atoms with Crippen LogP contribution < -0.4 is 5.32 Å². The fraction of sp³-hybridized carbons (Fsp3) is 0.250. The average molecular weight is 384 g/mol. The summed E-state index contributed by atoms with van der Waals surface area (Å²) in [6.45, 7) is 7.30. The number of aryl methyl sites for hydroxylation is 2. The van der Waals surface area contributed by atoms with Crippen LogP contribution in [0.4, 0.5) is 5.82 Å². The SMILES string of the molecule is CCn1ncc(/C=C/C(=O)Nc2cc(C)n(Cc3ccccc3Cl)n2)c1C. The summed E-state index contributed by atoms with van der Waals surface area (Å²) < 4.78 is 3.70. The molecule has 7 heteroatoms. The Hall–Kier alpha value is -2.86. The average Bonchev–Trinajstić information content (AvgIpc) is 3.17. The molecule has 1 aromatic carbocycles. The highest BCUT2D eigenvalue weighted by atomic mass is 35.5. The number of nitrogens with zero attached hydrogens (tertiary/aromatic N) is 4. The number of carbonyl (C=O) groups is 1. The topological polar surface area (TPSA) is 64.7 Å². The van der Waals surface area contributed by atoms with E-state index in [0.29, 0.717) is 17.4 Å². The van der Waals surface area contributed by atoms with E-state index in [1.807, 2.05) is 60.5 Å². The van der Waals surface area contributed by atoms with Crippen molar-refractivity contribution in [3.8, 4) is 0 Å². The molecule has 0 unspecified atom stereocenters. The Morgan fingerprint density at radius 1 is 1.26 bits per heavy atom. The molecule has 0 radical (unpaired) electrons. The predicted molar refractivity (Wildman–Crippen MR) is 108 cm³/mol. The van der Waals surface area contributed by atoms with Gasteiger partial charge in [-0.15, -0.1) is 0 Å². The first-order valence-electron chi connectivity index (χ1n) is 8.77. The molecule has 6 nitrogen and oxygen atoms in total. The summed E-state index contributed by atoms with van der Waals surface area (Å²) in [6, 6.07) is 9.49. The van der Waals surface area contributed by atoms with E-state index in [9.17, 15) is 4.79 Å². The van der Waals surface area contributed by atoms with E-state index in [0.717, 1.165) is 29.1 Å². The lowest BCUT2D eigenvalue weighted by atomic mass is 10.2. The summed E-state index contributed by atoms with van der Waals surface area (Å²) in [4.78, 5) is 12.2. The van der Waals surface area contributed by atoms with Crippen LogP contribution in [0.15, 0.2) is 42.6 Å². The van der Waals surface area contributed by atoms with Crippen molar-refractivity contribution < 1.29 is 4.79 Å².